The lowest BCUT2D eigenvalue weighted by Gasteiger charge is -2.21. The van der Waals surface area contributed by atoms with E-state index in [-0.39, 0.29) is 5.91 Å². The summed E-state index contributed by atoms with van der Waals surface area (Å²) in [5.74, 6) is 0.735. The highest BCUT2D eigenvalue weighted by molar-refractivity contribution is 5.85. The highest BCUT2D eigenvalue weighted by Gasteiger charge is 2.25. The number of nitrogens with one attached hydrogen (secondary N) is 1. The van der Waals surface area contributed by atoms with Gasteiger partial charge in [0.1, 0.15) is 0 Å². The second-order valence-corrected chi connectivity index (χ2v) is 4.90. The molecule has 0 aromatic carbocycles. The van der Waals surface area contributed by atoms with Crippen molar-refractivity contribution in [2.45, 2.75) is 45.1 Å². The van der Waals surface area contributed by atoms with Gasteiger partial charge in [0.25, 0.3) is 0 Å². The zero-order valence-electron chi connectivity index (χ0n) is 10.4. The summed E-state index contributed by atoms with van der Waals surface area (Å²) in [6.07, 6.45) is 4.15. The van der Waals surface area contributed by atoms with Crippen LogP contribution in [0.5, 0.6) is 0 Å². The van der Waals surface area contributed by atoms with Gasteiger partial charge in [-0.3, -0.25) is 4.79 Å². The smallest absolute Gasteiger partial charge is 0.239 e. The van der Waals surface area contributed by atoms with Crippen LogP contribution in [-0.2, 0) is 9.53 Å². The molecular formula is C12H24N2O2. The summed E-state index contributed by atoms with van der Waals surface area (Å²) in [4.78, 5) is 11.6. The van der Waals surface area contributed by atoms with E-state index in [0.717, 1.165) is 25.6 Å². The van der Waals surface area contributed by atoms with E-state index >= 15 is 0 Å². The average molecular weight is 228 g/mol. The molecule has 1 aliphatic carbocycles. The molecule has 4 nitrogen and oxygen atoms in total. The van der Waals surface area contributed by atoms with E-state index in [4.69, 9.17) is 10.5 Å². The molecule has 1 aliphatic rings. The van der Waals surface area contributed by atoms with Gasteiger partial charge in [0, 0.05) is 19.8 Å². The van der Waals surface area contributed by atoms with E-state index < -0.39 is 5.54 Å². The molecule has 1 fully saturated rings. The molecule has 1 amide bonds. The van der Waals surface area contributed by atoms with Crippen LogP contribution in [0.15, 0.2) is 0 Å². The molecule has 0 saturated heterocycles. The van der Waals surface area contributed by atoms with Crippen molar-refractivity contribution < 1.29 is 9.53 Å². The molecule has 0 aliphatic heterocycles. The van der Waals surface area contributed by atoms with Crippen molar-refractivity contribution in [2.75, 3.05) is 19.8 Å². The number of carbonyl (C=O) groups is 1. The first-order valence-electron chi connectivity index (χ1n) is 6.21. The van der Waals surface area contributed by atoms with Crippen LogP contribution in [0.3, 0.4) is 0 Å². The number of carbonyl (C=O) groups excluding carboxylic acids is 1. The zero-order valence-corrected chi connectivity index (χ0v) is 10.4. The summed E-state index contributed by atoms with van der Waals surface area (Å²) >= 11 is 0. The van der Waals surface area contributed by atoms with Gasteiger partial charge in [-0.2, -0.15) is 0 Å². The molecule has 0 radical (unpaired) electrons. The van der Waals surface area contributed by atoms with E-state index in [2.05, 4.69) is 5.32 Å². The minimum atomic E-state index is -0.741. The molecule has 0 aromatic rings. The fraction of sp³-hybridized carbons (Fsp3) is 0.917. The Balaban J connectivity index is 1.95. The van der Waals surface area contributed by atoms with Crippen LogP contribution in [0, 0.1) is 5.92 Å². The summed E-state index contributed by atoms with van der Waals surface area (Å²) in [5.41, 5.74) is 5.06. The van der Waals surface area contributed by atoms with Crippen molar-refractivity contribution in [2.24, 2.45) is 11.7 Å². The lowest BCUT2D eigenvalue weighted by molar-refractivity contribution is -0.125. The van der Waals surface area contributed by atoms with Crippen LogP contribution >= 0.6 is 0 Å². The molecular weight excluding hydrogens is 204 g/mol. The van der Waals surface area contributed by atoms with E-state index in [1.807, 2.05) is 6.92 Å². The van der Waals surface area contributed by atoms with Gasteiger partial charge in [0.05, 0.1) is 5.54 Å². The van der Waals surface area contributed by atoms with Crippen molar-refractivity contribution >= 4 is 5.91 Å². The van der Waals surface area contributed by atoms with Crippen molar-refractivity contribution in [1.82, 2.24) is 5.32 Å². The van der Waals surface area contributed by atoms with Gasteiger partial charge < -0.3 is 15.8 Å². The Hall–Kier alpha value is -0.610. The first-order valence-corrected chi connectivity index (χ1v) is 6.21. The van der Waals surface area contributed by atoms with Gasteiger partial charge in [-0.05, 0) is 38.5 Å². The van der Waals surface area contributed by atoms with E-state index in [0.29, 0.717) is 13.0 Å². The molecule has 0 spiro atoms. The minimum absolute atomic E-state index is 0.0720. The number of amides is 1. The molecule has 1 atom stereocenters. The minimum Gasteiger partial charge on any atom is -0.381 e. The largest absolute Gasteiger partial charge is 0.381 e. The first kappa shape index (κ1) is 13.5. The van der Waals surface area contributed by atoms with Crippen LogP contribution < -0.4 is 11.1 Å². The Labute approximate surface area is 97.9 Å². The van der Waals surface area contributed by atoms with Crippen LogP contribution in [0.4, 0.5) is 0 Å². The normalized spacial score (nSPS) is 19.2. The van der Waals surface area contributed by atoms with Crippen molar-refractivity contribution in [3.8, 4) is 0 Å². The first-order chi connectivity index (χ1) is 7.56. The van der Waals surface area contributed by atoms with Crippen LogP contribution in [0.1, 0.15) is 39.5 Å². The highest BCUT2D eigenvalue weighted by Crippen LogP contribution is 2.28. The lowest BCUT2D eigenvalue weighted by atomic mass is 10.00. The SMILES string of the molecule is CCC(C)(N)C(=O)NCCCOCC1CC1. The summed E-state index contributed by atoms with van der Waals surface area (Å²) in [7, 11) is 0. The van der Waals surface area contributed by atoms with Gasteiger partial charge in [-0.15, -0.1) is 0 Å². The maximum Gasteiger partial charge on any atom is 0.239 e. The molecule has 4 heteroatoms. The summed E-state index contributed by atoms with van der Waals surface area (Å²) in [5, 5.41) is 2.83. The number of hydrogen-bond acceptors (Lipinski definition) is 3. The van der Waals surface area contributed by atoms with Gasteiger partial charge in [-0.25, -0.2) is 0 Å². The summed E-state index contributed by atoms with van der Waals surface area (Å²) in [6, 6.07) is 0. The van der Waals surface area contributed by atoms with Gasteiger partial charge >= 0.3 is 0 Å². The summed E-state index contributed by atoms with van der Waals surface area (Å²) in [6.45, 7) is 5.93. The Kier molecular flexibility index (Phi) is 5.22. The molecule has 16 heavy (non-hydrogen) atoms. The molecule has 1 saturated carbocycles. The maximum atomic E-state index is 11.6. The zero-order chi connectivity index (χ0) is 12.0. The van der Waals surface area contributed by atoms with Crippen molar-refractivity contribution in [3.05, 3.63) is 0 Å². The predicted octanol–water partition coefficient (Wildman–Crippen LogP) is 1.05. The van der Waals surface area contributed by atoms with Crippen LogP contribution in [-0.4, -0.2) is 31.2 Å². The second-order valence-electron chi connectivity index (χ2n) is 4.90. The third-order valence-corrected chi connectivity index (χ3v) is 3.05. The fourth-order valence-corrected chi connectivity index (χ4v) is 1.27. The Morgan fingerprint density at radius 1 is 1.56 bits per heavy atom. The standard InChI is InChI=1S/C12H24N2O2/c1-3-12(2,13)11(15)14-7-4-8-16-9-10-5-6-10/h10H,3-9,13H2,1-2H3,(H,14,15). The second kappa shape index (κ2) is 6.21. The monoisotopic (exact) mass is 228 g/mol. The van der Waals surface area contributed by atoms with Crippen molar-refractivity contribution in [3.63, 3.8) is 0 Å². The van der Waals surface area contributed by atoms with Crippen LogP contribution in [0.25, 0.3) is 0 Å². The Morgan fingerprint density at radius 3 is 2.81 bits per heavy atom. The number of ether oxygens (including phenoxy) is 1. The lowest BCUT2D eigenvalue weighted by Crippen LogP contribution is -2.51. The van der Waals surface area contributed by atoms with Crippen LogP contribution in [0.2, 0.25) is 0 Å². The molecule has 0 heterocycles. The number of hydrogen-bond donors (Lipinski definition) is 2. The molecule has 1 unspecified atom stereocenters. The number of nitrogens with two attached hydrogens (primary N) is 1. The van der Waals surface area contributed by atoms with Gasteiger partial charge in [-0.1, -0.05) is 6.92 Å². The molecule has 1 rings (SSSR count). The third-order valence-electron chi connectivity index (χ3n) is 3.05. The van der Waals surface area contributed by atoms with Gasteiger partial charge in [0.2, 0.25) is 5.91 Å². The quantitative estimate of drug-likeness (QED) is 0.610. The fourth-order valence-electron chi connectivity index (χ4n) is 1.27. The third kappa shape index (κ3) is 4.94. The van der Waals surface area contributed by atoms with E-state index in [9.17, 15) is 4.79 Å². The van der Waals surface area contributed by atoms with E-state index in [1.165, 1.54) is 12.8 Å². The Morgan fingerprint density at radius 2 is 2.25 bits per heavy atom. The predicted molar refractivity (Wildman–Crippen MR) is 64.1 cm³/mol. The topological polar surface area (TPSA) is 64.4 Å². The maximum absolute atomic E-state index is 11.6. The summed E-state index contributed by atoms with van der Waals surface area (Å²) < 4.78 is 5.47. The van der Waals surface area contributed by atoms with Crippen molar-refractivity contribution in [1.29, 1.82) is 0 Å². The molecule has 3 N–H and O–H groups in total. The molecule has 94 valence electrons. The molecule has 0 aromatic heterocycles. The average Bonchev–Trinajstić information content (AvgIpc) is 3.06. The molecule has 0 bridgehead atoms. The van der Waals surface area contributed by atoms with Gasteiger partial charge in [0.15, 0.2) is 0 Å². The Bertz CT molecular complexity index is 225. The van der Waals surface area contributed by atoms with E-state index in [1.54, 1.807) is 6.92 Å². The highest BCUT2D eigenvalue weighted by atomic mass is 16.5. The number of rotatable bonds is 8.